The third-order valence-electron chi connectivity index (χ3n) is 4.04. The molecule has 23 heavy (non-hydrogen) atoms. The maximum Gasteiger partial charge on any atom is 0.191 e. The van der Waals surface area contributed by atoms with Crippen LogP contribution in [0.4, 0.5) is 0 Å². The Morgan fingerprint density at radius 2 is 2.13 bits per heavy atom. The predicted molar refractivity (Wildman–Crippen MR) is 95.9 cm³/mol. The summed E-state index contributed by atoms with van der Waals surface area (Å²) in [5.41, 5.74) is 2.96. The van der Waals surface area contributed by atoms with Crippen molar-refractivity contribution in [1.29, 1.82) is 0 Å². The lowest BCUT2D eigenvalue weighted by atomic mass is 10.0. The van der Waals surface area contributed by atoms with Crippen molar-refractivity contribution >= 4 is 5.96 Å². The maximum atomic E-state index is 5.16. The van der Waals surface area contributed by atoms with Gasteiger partial charge in [-0.3, -0.25) is 9.89 Å². The van der Waals surface area contributed by atoms with Gasteiger partial charge >= 0.3 is 0 Å². The van der Waals surface area contributed by atoms with Crippen molar-refractivity contribution in [2.45, 2.75) is 32.9 Å². The van der Waals surface area contributed by atoms with Crippen LogP contribution in [0.1, 0.15) is 25.0 Å². The molecule has 0 saturated carbocycles. The minimum atomic E-state index is 0.250. The Morgan fingerprint density at radius 1 is 1.35 bits per heavy atom. The number of nitrogens with zero attached hydrogens (tertiary/aromatic N) is 2. The molecule has 5 heteroatoms. The highest BCUT2D eigenvalue weighted by molar-refractivity contribution is 5.80. The zero-order chi connectivity index (χ0) is 16.5. The number of hydrogen-bond acceptors (Lipinski definition) is 3. The van der Waals surface area contributed by atoms with Crippen LogP contribution in [0.25, 0.3) is 0 Å². The maximum absolute atomic E-state index is 5.16. The third kappa shape index (κ3) is 5.84. The van der Waals surface area contributed by atoms with Crippen molar-refractivity contribution < 1.29 is 4.74 Å². The SMILES string of the molecule is CCNC(=NCCN1CCc2ccccc2C1)NC(C)COC. The van der Waals surface area contributed by atoms with Gasteiger partial charge in [0.25, 0.3) is 0 Å². The van der Waals surface area contributed by atoms with Gasteiger partial charge in [-0.1, -0.05) is 24.3 Å². The fraction of sp³-hybridized carbons (Fsp3) is 0.611. The van der Waals surface area contributed by atoms with E-state index in [1.165, 1.54) is 11.1 Å². The molecule has 0 amide bonds. The van der Waals surface area contributed by atoms with Gasteiger partial charge in [-0.15, -0.1) is 0 Å². The van der Waals surface area contributed by atoms with Crippen LogP contribution in [-0.2, 0) is 17.7 Å². The first-order chi connectivity index (χ1) is 11.2. The normalized spacial score (nSPS) is 16.7. The number of aliphatic imine (C=N–C) groups is 1. The lowest BCUT2D eigenvalue weighted by Crippen LogP contribution is -2.44. The summed E-state index contributed by atoms with van der Waals surface area (Å²) >= 11 is 0. The quantitative estimate of drug-likeness (QED) is 0.593. The summed E-state index contributed by atoms with van der Waals surface area (Å²) in [6.45, 7) is 9.67. The Bertz CT molecular complexity index is 504. The second-order valence-electron chi connectivity index (χ2n) is 6.06. The Labute approximate surface area is 140 Å². The molecule has 1 aromatic rings. The molecule has 1 aliphatic rings. The zero-order valence-electron chi connectivity index (χ0n) is 14.6. The Hall–Kier alpha value is -1.59. The van der Waals surface area contributed by atoms with Crippen molar-refractivity contribution in [3.8, 4) is 0 Å². The molecule has 2 N–H and O–H groups in total. The van der Waals surface area contributed by atoms with Crippen LogP contribution < -0.4 is 10.6 Å². The van der Waals surface area contributed by atoms with Gasteiger partial charge in [-0.05, 0) is 31.4 Å². The standard InChI is InChI=1S/C18H30N4O/c1-4-19-18(21-15(2)14-23-3)20-10-12-22-11-9-16-7-5-6-8-17(16)13-22/h5-8,15H,4,9-14H2,1-3H3,(H2,19,20,21). The smallest absolute Gasteiger partial charge is 0.191 e. The van der Waals surface area contributed by atoms with E-state index < -0.39 is 0 Å². The predicted octanol–water partition coefficient (Wildman–Crippen LogP) is 1.63. The zero-order valence-corrected chi connectivity index (χ0v) is 14.6. The second-order valence-corrected chi connectivity index (χ2v) is 6.06. The largest absolute Gasteiger partial charge is 0.383 e. The molecule has 1 atom stereocenters. The number of benzene rings is 1. The van der Waals surface area contributed by atoms with E-state index in [4.69, 9.17) is 4.74 Å². The number of methoxy groups -OCH3 is 1. The molecule has 128 valence electrons. The van der Waals surface area contributed by atoms with Crippen molar-refractivity contribution in [3.05, 3.63) is 35.4 Å². The highest BCUT2D eigenvalue weighted by Gasteiger charge is 2.14. The van der Waals surface area contributed by atoms with E-state index in [9.17, 15) is 0 Å². The molecule has 1 aromatic carbocycles. The molecular weight excluding hydrogens is 288 g/mol. The second kappa shape index (κ2) is 9.53. The molecule has 1 heterocycles. The van der Waals surface area contributed by atoms with Crippen LogP contribution in [0.5, 0.6) is 0 Å². The highest BCUT2D eigenvalue weighted by atomic mass is 16.5. The number of ether oxygens (including phenoxy) is 1. The summed E-state index contributed by atoms with van der Waals surface area (Å²) in [5.74, 6) is 0.870. The highest BCUT2D eigenvalue weighted by Crippen LogP contribution is 2.17. The summed E-state index contributed by atoms with van der Waals surface area (Å²) in [5, 5.41) is 6.66. The molecule has 0 aliphatic carbocycles. The Kier molecular flexibility index (Phi) is 7.36. The third-order valence-corrected chi connectivity index (χ3v) is 4.04. The molecule has 1 aliphatic heterocycles. The van der Waals surface area contributed by atoms with Crippen LogP contribution in [0, 0.1) is 0 Å². The summed E-state index contributed by atoms with van der Waals surface area (Å²) in [4.78, 5) is 7.16. The number of fused-ring (bicyclic) bond motifs is 1. The summed E-state index contributed by atoms with van der Waals surface area (Å²) < 4.78 is 5.16. The molecule has 0 spiro atoms. The van der Waals surface area contributed by atoms with Crippen molar-refractivity contribution in [3.63, 3.8) is 0 Å². The van der Waals surface area contributed by atoms with Gasteiger partial charge < -0.3 is 15.4 Å². The molecule has 0 aromatic heterocycles. The molecule has 1 unspecified atom stereocenters. The van der Waals surface area contributed by atoms with E-state index in [-0.39, 0.29) is 6.04 Å². The van der Waals surface area contributed by atoms with Gasteiger partial charge in [-0.25, -0.2) is 0 Å². The number of guanidine groups is 1. The van der Waals surface area contributed by atoms with Crippen molar-refractivity contribution in [1.82, 2.24) is 15.5 Å². The van der Waals surface area contributed by atoms with Crippen molar-refractivity contribution in [2.75, 3.05) is 39.9 Å². The van der Waals surface area contributed by atoms with Gasteiger partial charge in [0, 0.05) is 39.3 Å². The van der Waals surface area contributed by atoms with E-state index >= 15 is 0 Å². The molecule has 0 saturated heterocycles. The van der Waals surface area contributed by atoms with Gasteiger partial charge in [0.15, 0.2) is 5.96 Å². The first kappa shape index (κ1) is 17.8. The number of nitrogens with one attached hydrogen (secondary N) is 2. The van der Waals surface area contributed by atoms with Crippen LogP contribution >= 0.6 is 0 Å². The van der Waals surface area contributed by atoms with Crippen LogP contribution in [-0.4, -0.2) is 56.8 Å². The van der Waals surface area contributed by atoms with Gasteiger partial charge in [-0.2, -0.15) is 0 Å². The first-order valence-electron chi connectivity index (χ1n) is 8.55. The minimum Gasteiger partial charge on any atom is -0.383 e. The summed E-state index contributed by atoms with van der Waals surface area (Å²) in [7, 11) is 1.72. The van der Waals surface area contributed by atoms with Gasteiger partial charge in [0.2, 0.25) is 0 Å². The first-order valence-corrected chi connectivity index (χ1v) is 8.55. The van der Waals surface area contributed by atoms with Gasteiger partial charge in [0.1, 0.15) is 0 Å². The Morgan fingerprint density at radius 3 is 2.87 bits per heavy atom. The van der Waals surface area contributed by atoms with E-state index in [0.29, 0.717) is 6.61 Å². The number of hydrogen-bond donors (Lipinski definition) is 2. The summed E-state index contributed by atoms with van der Waals surface area (Å²) in [6, 6.07) is 9.00. The minimum absolute atomic E-state index is 0.250. The lowest BCUT2D eigenvalue weighted by Gasteiger charge is -2.28. The molecule has 0 radical (unpaired) electrons. The number of rotatable bonds is 7. The van der Waals surface area contributed by atoms with E-state index in [0.717, 1.165) is 45.1 Å². The monoisotopic (exact) mass is 318 g/mol. The van der Waals surface area contributed by atoms with E-state index in [2.05, 4.69) is 58.6 Å². The Balaban J connectivity index is 1.81. The molecule has 2 rings (SSSR count). The molecular formula is C18H30N4O. The molecule has 0 bridgehead atoms. The average Bonchev–Trinajstić information content (AvgIpc) is 2.55. The fourth-order valence-electron chi connectivity index (χ4n) is 2.89. The van der Waals surface area contributed by atoms with Crippen LogP contribution in [0.15, 0.2) is 29.3 Å². The lowest BCUT2D eigenvalue weighted by molar-refractivity contribution is 0.179. The van der Waals surface area contributed by atoms with Crippen molar-refractivity contribution in [2.24, 2.45) is 4.99 Å². The van der Waals surface area contributed by atoms with E-state index in [1.807, 2.05) is 0 Å². The van der Waals surface area contributed by atoms with Crippen LogP contribution in [0.3, 0.4) is 0 Å². The average molecular weight is 318 g/mol. The van der Waals surface area contributed by atoms with Crippen LogP contribution in [0.2, 0.25) is 0 Å². The van der Waals surface area contributed by atoms with E-state index in [1.54, 1.807) is 7.11 Å². The molecule has 0 fully saturated rings. The topological polar surface area (TPSA) is 48.9 Å². The van der Waals surface area contributed by atoms with Gasteiger partial charge in [0.05, 0.1) is 13.2 Å². The molecule has 5 nitrogen and oxygen atoms in total. The fourth-order valence-corrected chi connectivity index (χ4v) is 2.89. The summed E-state index contributed by atoms with van der Waals surface area (Å²) in [6.07, 6.45) is 1.14.